The molecule has 12 heavy (non-hydrogen) atoms. The van der Waals surface area contributed by atoms with E-state index in [1.165, 1.54) is 6.20 Å². The molecule has 3 nitrogen and oxygen atoms in total. The average molecular weight is 227 g/mol. The Bertz CT molecular complexity index is 319. The summed E-state index contributed by atoms with van der Waals surface area (Å²) in [6.07, 6.45) is 1.48. The van der Waals surface area contributed by atoms with Crippen molar-refractivity contribution in [3.8, 4) is 11.8 Å². The first-order valence-corrected chi connectivity index (χ1v) is 4.25. The van der Waals surface area contributed by atoms with E-state index in [-0.39, 0.29) is 0 Å². The quantitative estimate of drug-likeness (QED) is 0.727. The van der Waals surface area contributed by atoms with E-state index in [9.17, 15) is 0 Å². The minimum absolute atomic E-state index is 0.458. The first-order valence-electron chi connectivity index (χ1n) is 3.46. The average Bonchev–Trinajstić information content (AvgIpc) is 2.05. The van der Waals surface area contributed by atoms with Crippen LogP contribution in [0, 0.1) is 11.3 Å². The van der Waals surface area contributed by atoms with Gasteiger partial charge >= 0.3 is 0 Å². The molecule has 0 fully saturated rings. The Morgan fingerprint density at radius 2 is 2.50 bits per heavy atom. The van der Waals surface area contributed by atoms with Crippen LogP contribution in [0.5, 0.6) is 5.75 Å². The molecule has 0 amide bonds. The van der Waals surface area contributed by atoms with Crippen LogP contribution in [0.3, 0.4) is 0 Å². The van der Waals surface area contributed by atoms with Crippen LogP contribution in [0.25, 0.3) is 0 Å². The third-order valence-corrected chi connectivity index (χ3v) is 1.69. The normalized spacial score (nSPS) is 9.08. The molecule has 0 aliphatic heterocycles. The van der Waals surface area contributed by atoms with Crippen LogP contribution in [0.1, 0.15) is 12.5 Å². The van der Waals surface area contributed by atoms with Crippen LogP contribution >= 0.6 is 15.9 Å². The van der Waals surface area contributed by atoms with Crippen molar-refractivity contribution in [3.63, 3.8) is 0 Å². The van der Waals surface area contributed by atoms with Gasteiger partial charge in [-0.15, -0.1) is 0 Å². The predicted octanol–water partition coefficient (Wildman–Crippen LogP) is 2.11. The van der Waals surface area contributed by atoms with Crippen molar-refractivity contribution in [1.82, 2.24) is 4.98 Å². The molecule has 62 valence electrons. The summed E-state index contributed by atoms with van der Waals surface area (Å²) in [6, 6.07) is 3.68. The lowest BCUT2D eigenvalue weighted by Gasteiger charge is -2.03. The number of nitriles is 1. The number of hydrogen-bond acceptors (Lipinski definition) is 3. The molecule has 0 spiro atoms. The van der Waals surface area contributed by atoms with Gasteiger partial charge in [-0.05, 0) is 22.9 Å². The molecule has 0 aliphatic rings. The van der Waals surface area contributed by atoms with E-state index in [4.69, 9.17) is 10.00 Å². The van der Waals surface area contributed by atoms with Crippen LogP contribution < -0.4 is 4.74 Å². The van der Waals surface area contributed by atoms with Gasteiger partial charge in [0.2, 0.25) is 0 Å². The summed E-state index contributed by atoms with van der Waals surface area (Å²) in [5.74, 6) is 0.571. The lowest BCUT2D eigenvalue weighted by Crippen LogP contribution is -1.95. The van der Waals surface area contributed by atoms with Crippen LogP contribution in [0.15, 0.2) is 16.9 Å². The minimum atomic E-state index is 0.458. The maximum Gasteiger partial charge on any atom is 0.141 e. The van der Waals surface area contributed by atoms with Gasteiger partial charge in [-0.2, -0.15) is 5.26 Å². The fourth-order valence-corrected chi connectivity index (χ4v) is 1.08. The fourth-order valence-electron chi connectivity index (χ4n) is 0.772. The standard InChI is InChI=1S/C8H7BrN2O/c1-2-12-7-3-8(9)11-5-6(7)4-10/h3,5H,2H2,1H3. The summed E-state index contributed by atoms with van der Waals surface area (Å²) < 4.78 is 5.89. The molecule has 0 aromatic carbocycles. The smallest absolute Gasteiger partial charge is 0.141 e. The second-order valence-electron chi connectivity index (χ2n) is 2.05. The molecule has 0 radical (unpaired) electrons. The Labute approximate surface area is 79.1 Å². The van der Waals surface area contributed by atoms with E-state index in [0.717, 1.165) is 0 Å². The van der Waals surface area contributed by atoms with Gasteiger partial charge in [0.1, 0.15) is 22.0 Å². The molecule has 0 bridgehead atoms. The lowest BCUT2D eigenvalue weighted by molar-refractivity contribution is 0.338. The number of rotatable bonds is 2. The van der Waals surface area contributed by atoms with Gasteiger partial charge in [0.05, 0.1) is 6.61 Å². The molecule has 0 aliphatic carbocycles. The van der Waals surface area contributed by atoms with Gasteiger partial charge in [0.15, 0.2) is 0 Å². The molecule has 0 unspecified atom stereocenters. The van der Waals surface area contributed by atoms with Crippen molar-refractivity contribution < 1.29 is 4.74 Å². The molecule has 0 saturated heterocycles. The van der Waals surface area contributed by atoms with Gasteiger partial charge in [-0.1, -0.05) is 0 Å². The largest absolute Gasteiger partial charge is 0.492 e. The number of halogens is 1. The molecular formula is C8H7BrN2O. The first kappa shape index (κ1) is 9.01. The zero-order chi connectivity index (χ0) is 8.97. The molecule has 4 heteroatoms. The maximum atomic E-state index is 8.65. The van der Waals surface area contributed by atoms with E-state index in [0.29, 0.717) is 22.5 Å². The van der Waals surface area contributed by atoms with Crippen molar-refractivity contribution in [3.05, 3.63) is 22.4 Å². The predicted molar refractivity (Wildman–Crippen MR) is 47.8 cm³/mol. The van der Waals surface area contributed by atoms with E-state index >= 15 is 0 Å². The molecule has 0 N–H and O–H groups in total. The van der Waals surface area contributed by atoms with Crippen LogP contribution in [0.2, 0.25) is 0 Å². The van der Waals surface area contributed by atoms with Gasteiger partial charge in [0, 0.05) is 12.3 Å². The first-order chi connectivity index (χ1) is 5.77. The second-order valence-corrected chi connectivity index (χ2v) is 2.86. The van der Waals surface area contributed by atoms with Crippen molar-refractivity contribution >= 4 is 15.9 Å². The van der Waals surface area contributed by atoms with Crippen molar-refractivity contribution in [2.45, 2.75) is 6.92 Å². The molecule has 1 aromatic heterocycles. The minimum Gasteiger partial charge on any atom is -0.492 e. The van der Waals surface area contributed by atoms with Crippen molar-refractivity contribution in [2.24, 2.45) is 0 Å². The maximum absolute atomic E-state index is 8.65. The Morgan fingerprint density at radius 1 is 1.75 bits per heavy atom. The summed E-state index contributed by atoms with van der Waals surface area (Å²) in [4.78, 5) is 3.91. The topological polar surface area (TPSA) is 45.9 Å². The number of ether oxygens (including phenoxy) is 1. The van der Waals surface area contributed by atoms with E-state index < -0.39 is 0 Å². The Morgan fingerprint density at radius 3 is 3.08 bits per heavy atom. The Kier molecular flexibility index (Phi) is 3.06. The van der Waals surface area contributed by atoms with Crippen LogP contribution in [0.4, 0.5) is 0 Å². The monoisotopic (exact) mass is 226 g/mol. The van der Waals surface area contributed by atoms with Gasteiger partial charge in [0.25, 0.3) is 0 Å². The molecule has 1 rings (SSSR count). The SMILES string of the molecule is CCOc1cc(Br)ncc1C#N. The lowest BCUT2D eigenvalue weighted by atomic mass is 10.3. The summed E-state index contributed by atoms with van der Waals surface area (Å²) >= 11 is 3.19. The number of hydrogen-bond donors (Lipinski definition) is 0. The van der Waals surface area contributed by atoms with Crippen molar-refractivity contribution in [1.29, 1.82) is 5.26 Å². The summed E-state index contributed by atoms with van der Waals surface area (Å²) in [5, 5.41) is 8.65. The van der Waals surface area contributed by atoms with E-state index in [1.807, 2.05) is 13.0 Å². The Balaban J connectivity index is 3.06. The summed E-state index contributed by atoms with van der Waals surface area (Å²) in [7, 11) is 0. The molecule has 1 heterocycles. The van der Waals surface area contributed by atoms with E-state index in [2.05, 4.69) is 20.9 Å². The summed E-state index contributed by atoms with van der Waals surface area (Å²) in [6.45, 7) is 2.42. The molecule has 0 saturated carbocycles. The Hall–Kier alpha value is -1.08. The third-order valence-electron chi connectivity index (χ3n) is 1.25. The zero-order valence-corrected chi connectivity index (χ0v) is 8.13. The van der Waals surface area contributed by atoms with Crippen molar-refractivity contribution in [2.75, 3.05) is 6.61 Å². The van der Waals surface area contributed by atoms with Gasteiger partial charge < -0.3 is 4.74 Å². The fraction of sp³-hybridized carbons (Fsp3) is 0.250. The third kappa shape index (κ3) is 1.95. The van der Waals surface area contributed by atoms with Crippen LogP contribution in [-0.2, 0) is 0 Å². The molecule has 0 atom stereocenters. The number of pyridine rings is 1. The van der Waals surface area contributed by atoms with E-state index in [1.54, 1.807) is 6.07 Å². The zero-order valence-electron chi connectivity index (χ0n) is 6.54. The highest BCUT2D eigenvalue weighted by Crippen LogP contribution is 2.20. The molecule has 1 aromatic rings. The highest BCUT2D eigenvalue weighted by molar-refractivity contribution is 9.10. The van der Waals surface area contributed by atoms with Gasteiger partial charge in [-0.25, -0.2) is 4.98 Å². The number of nitrogens with zero attached hydrogens (tertiary/aromatic N) is 2. The number of aromatic nitrogens is 1. The molecular weight excluding hydrogens is 220 g/mol. The highest BCUT2D eigenvalue weighted by atomic mass is 79.9. The second kappa shape index (κ2) is 4.07. The van der Waals surface area contributed by atoms with Gasteiger partial charge in [-0.3, -0.25) is 0 Å². The summed E-state index contributed by atoms with van der Waals surface area (Å²) in [5.41, 5.74) is 0.458. The van der Waals surface area contributed by atoms with Crippen LogP contribution in [-0.4, -0.2) is 11.6 Å². The highest BCUT2D eigenvalue weighted by Gasteiger charge is 2.03.